The van der Waals surface area contributed by atoms with Gasteiger partial charge in [0.25, 0.3) is 0 Å². The number of likely N-dealkylation sites (tertiary alicyclic amines) is 1. The zero-order valence-corrected chi connectivity index (χ0v) is 23.0. The molecule has 3 heterocycles. The minimum Gasteiger partial charge on any atom is -0.507 e. The number of aryl methyl sites for hydroxylation is 1. The highest BCUT2D eigenvalue weighted by atomic mass is 16.5. The van der Waals surface area contributed by atoms with Crippen molar-refractivity contribution in [2.45, 2.75) is 50.6 Å². The molecule has 0 aliphatic carbocycles. The maximum atomic E-state index is 13.3. The lowest BCUT2D eigenvalue weighted by atomic mass is 9.93. The Morgan fingerprint density at radius 1 is 1.15 bits per heavy atom. The number of carbonyl (C=O) groups excluding carboxylic acids is 1. The number of benzene rings is 2. The van der Waals surface area contributed by atoms with Crippen molar-refractivity contribution in [3.8, 4) is 16.9 Å². The predicted molar refractivity (Wildman–Crippen MR) is 157 cm³/mol. The highest BCUT2D eigenvalue weighted by Gasteiger charge is 2.28. The van der Waals surface area contributed by atoms with Crippen LogP contribution in [0.25, 0.3) is 22.0 Å². The highest BCUT2D eigenvalue weighted by molar-refractivity contribution is 5.87. The number of aromatic nitrogens is 2. The summed E-state index contributed by atoms with van der Waals surface area (Å²) in [5.41, 5.74) is 11.5. The van der Waals surface area contributed by atoms with Gasteiger partial charge in [0.15, 0.2) is 0 Å². The molecule has 4 N–H and O–H groups in total. The average molecular weight is 543 g/mol. The fourth-order valence-electron chi connectivity index (χ4n) is 5.84. The van der Waals surface area contributed by atoms with E-state index in [4.69, 9.17) is 10.5 Å². The predicted octanol–water partition coefficient (Wildman–Crippen LogP) is 4.40. The van der Waals surface area contributed by atoms with Crippen molar-refractivity contribution in [3.05, 3.63) is 88.5 Å². The van der Waals surface area contributed by atoms with Crippen molar-refractivity contribution >= 4 is 16.8 Å². The van der Waals surface area contributed by atoms with E-state index in [1.807, 2.05) is 41.3 Å². The number of nitrogens with one attached hydrogen (secondary N) is 1. The van der Waals surface area contributed by atoms with Gasteiger partial charge in [0, 0.05) is 75.1 Å². The topological polar surface area (TPSA) is 114 Å². The van der Waals surface area contributed by atoms with Crippen LogP contribution < -0.4 is 11.3 Å². The molecule has 2 aromatic carbocycles. The Morgan fingerprint density at radius 2 is 1.95 bits per heavy atom. The van der Waals surface area contributed by atoms with Gasteiger partial charge < -0.3 is 30.0 Å². The van der Waals surface area contributed by atoms with E-state index in [1.54, 1.807) is 25.4 Å². The van der Waals surface area contributed by atoms with Gasteiger partial charge in [-0.2, -0.15) is 0 Å². The maximum absolute atomic E-state index is 13.3. The van der Waals surface area contributed by atoms with Gasteiger partial charge in [-0.3, -0.25) is 9.59 Å². The Balaban J connectivity index is 1.23. The summed E-state index contributed by atoms with van der Waals surface area (Å²) in [5, 5.41) is 11.3. The number of methoxy groups -OCH3 is 1. The third-order valence-electron chi connectivity index (χ3n) is 7.88. The van der Waals surface area contributed by atoms with Gasteiger partial charge in [0.1, 0.15) is 5.75 Å². The van der Waals surface area contributed by atoms with Crippen molar-refractivity contribution in [1.82, 2.24) is 14.5 Å². The Morgan fingerprint density at radius 3 is 2.70 bits per heavy atom. The van der Waals surface area contributed by atoms with Crippen LogP contribution in [-0.4, -0.2) is 58.3 Å². The normalized spacial score (nSPS) is 16.4. The summed E-state index contributed by atoms with van der Waals surface area (Å²) in [5.74, 6) is 0.571. The molecule has 5 rings (SSSR count). The lowest BCUT2D eigenvalue weighted by Gasteiger charge is -2.34. The van der Waals surface area contributed by atoms with Crippen LogP contribution in [0.4, 0.5) is 0 Å². The fourth-order valence-corrected chi connectivity index (χ4v) is 5.84. The molecule has 1 saturated heterocycles. The second-order valence-corrected chi connectivity index (χ2v) is 10.8. The fraction of sp³-hybridized carbons (Fsp3) is 0.375. The SMILES string of the molecule is COCCCn1c(C2CCCN(C(=O)CC(N)Cc3ccc(-c4ccc(=O)[nH]c4)cc3)C2)cc2c(O)cccc21. The summed E-state index contributed by atoms with van der Waals surface area (Å²) in [6, 6.07) is 18.9. The van der Waals surface area contributed by atoms with Crippen LogP contribution in [0.2, 0.25) is 0 Å². The quantitative estimate of drug-likeness (QED) is 0.257. The molecule has 1 fully saturated rings. The van der Waals surface area contributed by atoms with Crippen LogP contribution in [-0.2, 0) is 22.5 Å². The minimum atomic E-state index is -0.274. The van der Waals surface area contributed by atoms with Crippen LogP contribution >= 0.6 is 0 Å². The van der Waals surface area contributed by atoms with E-state index >= 15 is 0 Å². The van der Waals surface area contributed by atoms with E-state index in [0.29, 0.717) is 26.0 Å². The van der Waals surface area contributed by atoms with Crippen LogP contribution in [0.15, 0.2) is 71.7 Å². The van der Waals surface area contributed by atoms with Gasteiger partial charge in [-0.1, -0.05) is 30.3 Å². The Bertz CT molecular complexity index is 1490. The second-order valence-electron chi connectivity index (χ2n) is 10.8. The molecule has 2 aromatic heterocycles. The van der Waals surface area contributed by atoms with Gasteiger partial charge in [-0.05, 0) is 66.6 Å². The standard InChI is InChI=1S/C32H38N4O4/c1-40-16-4-15-36-28-6-2-7-30(37)27(28)19-29(36)25-5-3-14-35(21-25)32(39)18-26(33)17-22-8-10-23(11-9-22)24-12-13-31(38)34-20-24/h2,6-13,19-20,25-26,37H,3-5,14-18,21,33H2,1H3,(H,34,38). The summed E-state index contributed by atoms with van der Waals surface area (Å²) in [4.78, 5) is 29.3. The number of nitrogens with zero attached hydrogens (tertiary/aromatic N) is 2. The van der Waals surface area contributed by atoms with E-state index in [0.717, 1.165) is 65.6 Å². The number of H-pyrrole nitrogens is 1. The first kappa shape index (κ1) is 27.7. The first-order valence-corrected chi connectivity index (χ1v) is 14.0. The summed E-state index contributed by atoms with van der Waals surface area (Å²) < 4.78 is 7.57. The summed E-state index contributed by atoms with van der Waals surface area (Å²) in [6.07, 6.45) is 5.42. The number of fused-ring (bicyclic) bond motifs is 1. The number of piperidine rings is 1. The largest absolute Gasteiger partial charge is 0.507 e. The number of hydrogen-bond donors (Lipinski definition) is 3. The smallest absolute Gasteiger partial charge is 0.247 e. The monoisotopic (exact) mass is 542 g/mol. The van der Waals surface area contributed by atoms with E-state index < -0.39 is 0 Å². The third-order valence-corrected chi connectivity index (χ3v) is 7.88. The van der Waals surface area contributed by atoms with Gasteiger partial charge in [-0.15, -0.1) is 0 Å². The number of aromatic hydroxyl groups is 1. The van der Waals surface area contributed by atoms with Gasteiger partial charge >= 0.3 is 0 Å². The first-order chi connectivity index (χ1) is 19.4. The highest BCUT2D eigenvalue weighted by Crippen LogP contribution is 2.35. The Kier molecular flexibility index (Phi) is 8.67. The lowest BCUT2D eigenvalue weighted by molar-refractivity contribution is -0.132. The zero-order chi connectivity index (χ0) is 28.1. The molecule has 1 aliphatic heterocycles. The number of hydrogen-bond acceptors (Lipinski definition) is 5. The minimum absolute atomic E-state index is 0.0898. The van der Waals surface area contributed by atoms with Crippen LogP contribution in [0.1, 0.15) is 42.9 Å². The maximum Gasteiger partial charge on any atom is 0.247 e. The van der Waals surface area contributed by atoms with Crippen LogP contribution in [0, 0.1) is 0 Å². The molecular formula is C32H38N4O4. The number of amides is 1. The number of rotatable bonds is 10. The molecule has 210 valence electrons. The molecule has 0 saturated carbocycles. The van der Waals surface area contributed by atoms with Crippen molar-refractivity contribution in [3.63, 3.8) is 0 Å². The molecule has 8 heteroatoms. The molecule has 4 aromatic rings. The van der Waals surface area contributed by atoms with Crippen LogP contribution in [0.3, 0.4) is 0 Å². The summed E-state index contributed by atoms with van der Waals surface area (Å²) in [6.45, 7) is 2.86. The molecule has 1 aliphatic rings. The number of carbonyl (C=O) groups is 1. The molecule has 0 spiro atoms. The zero-order valence-electron chi connectivity index (χ0n) is 23.0. The van der Waals surface area contributed by atoms with Gasteiger partial charge in [0.05, 0.1) is 5.52 Å². The molecule has 1 amide bonds. The van der Waals surface area contributed by atoms with Crippen LogP contribution in [0.5, 0.6) is 5.75 Å². The van der Waals surface area contributed by atoms with E-state index in [9.17, 15) is 14.7 Å². The molecule has 0 bridgehead atoms. The first-order valence-electron chi connectivity index (χ1n) is 14.0. The van der Waals surface area contributed by atoms with Gasteiger partial charge in [-0.25, -0.2) is 0 Å². The molecule has 2 unspecified atom stereocenters. The van der Waals surface area contributed by atoms with Crippen molar-refractivity contribution < 1.29 is 14.6 Å². The number of nitrogens with two attached hydrogens (primary N) is 1. The molecule has 0 radical (unpaired) electrons. The van der Waals surface area contributed by atoms with E-state index in [1.165, 1.54) is 6.07 Å². The number of phenols is 1. The molecule has 8 nitrogen and oxygen atoms in total. The number of aromatic amines is 1. The Labute approximate surface area is 234 Å². The average Bonchev–Trinajstić information content (AvgIpc) is 3.34. The summed E-state index contributed by atoms with van der Waals surface area (Å²) >= 11 is 0. The Hall–Kier alpha value is -3.88. The van der Waals surface area contributed by atoms with E-state index in [-0.39, 0.29) is 29.2 Å². The third kappa shape index (κ3) is 6.29. The number of phenolic OH excluding ortho intramolecular Hbond substituents is 1. The summed E-state index contributed by atoms with van der Waals surface area (Å²) in [7, 11) is 1.71. The lowest BCUT2D eigenvalue weighted by Crippen LogP contribution is -2.42. The number of ether oxygens (including phenoxy) is 1. The molecular weight excluding hydrogens is 504 g/mol. The van der Waals surface area contributed by atoms with Crippen molar-refractivity contribution in [2.24, 2.45) is 5.73 Å². The molecule has 40 heavy (non-hydrogen) atoms. The second kappa shape index (κ2) is 12.5. The number of pyridine rings is 1. The van der Waals surface area contributed by atoms with Gasteiger partial charge in [0.2, 0.25) is 11.5 Å². The molecule has 2 atom stereocenters. The van der Waals surface area contributed by atoms with Crippen molar-refractivity contribution in [1.29, 1.82) is 0 Å². The van der Waals surface area contributed by atoms with Crippen molar-refractivity contribution in [2.75, 3.05) is 26.8 Å². The van der Waals surface area contributed by atoms with E-state index in [2.05, 4.69) is 15.6 Å².